The molecule has 0 amide bonds. The number of rotatable bonds is 8. The fourth-order valence-corrected chi connectivity index (χ4v) is 2.56. The molecule has 0 aliphatic carbocycles. The molecule has 3 rings (SSSR count). The number of ketones is 1. The van der Waals surface area contributed by atoms with Gasteiger partial charge in [-0.3, -0.25) is 4.79 Å². The van der Waals surface area contributed by atoms with Gasteiger partial charge in [0.05, 0.1) is 7.11 Å². The number of carbonyl (C=O) groups excluding carboxylic acids is 1. The minimum absolute atomic E-state index is 0.0425. The zero-order chi connectivity index (χ0) is 19.1. The number of hydrogen-bond acceptors (Lipinski definition) is 6. The fraction of sp³-hybridized carbons (Fsp3) is 0.190. The second kappa shape index (κ2) is 8.80. The topological polar surface area (TPSA) is 76.1 Å². The highest BCUT2D eigenvalue weighted by Gasteiger charge is 2.03. The van der Waals surface area contributed by atoms with E-state index >= 15 is 0 Å². The molecule has 0 radical (unpaired) electrons. The second-order valence-electron chi connectivity index (χ2n) is 6.05. The Morgan fingerprint density at radius 2 is 1.78 bits per heavy atom. The number of methoxy groups -OCH3 is 1. The lowest BCUT2D eigenvalue weighted by molar-refractivity contribution is 0.101. The van der Waals surface area contributed by atoms with Crippen LogP contribution < -0.4 is 15.4 Å². The monoisotopic (exact) mass is 362 g/mol. The first-order chi connectivity index (χ1) is 13.1. The van der Waals surface area contributed by atoms with E-state index in [1.807, 2.05) is 30.3 Å². The maximum absolute atomic E-state index is 11.3. The minimum atomic E-state index is 0.0425. The molecule has 1 aromatic heterocycles. The van der Waals surface area contributed by atoms with Gasteiger partial charge < -0.3 is 15.4 Å². The Morgan fingerprint density at radius 1 is 1.04 bits per heavy atom. The molecule has 0 saturated carbocycles. The summed E-state index contributed by atoms with van der Waals surface area (Å²) in [4.78, 5) is 20.0. The van der Waals surface area contributed by atoms with Gasteiger partial charge in [-0.1, -0.05) is 12.1 Å². The Kier molecular flexibility index (Phi) is 5.99. The van der Waals surface area contributed by atoms with Gasteiger partial charge in [-0.2, -0.15) is 4.98 Å². The lowest BCUT2D eigenvalue weighted by Gasteiger charge is -2.09. The summed E-state index contributed by atoms with van der Waals surface area (Å²) in [6, 6.07) is 17.1. The first-order valence-corrected chi connectivity index (χ1v) is 8.72. The highest BCUT2D eigenvalue weighted by molar-refractivity contribution is 5.94. The first-order valence-electron chi connectivity index (χ1n) is 8.72. The summed E-state index contributed by atoms with van der Waals surface area (Å²) >= 11 is 0. The molecule has 6 nitrogen and oxygen atoms in total. The van der Waals surface area contributed by atoms with Gasteiger partial charge >= 0.3 is 0 Å². The predicted molar refractivity (Wildman–Crippen MR) is 107 cm³/mol. The lowest BCUT2D eigenvalue weighted by atomic mass is 10.1. The van der Waals surface area contributed by atoms with Crippen molar-refractivity contribution in [2.45, 2.75) is 13.3 Å². The number of anilines is 3. The molecule has 0 unspecified atom stereocenters. The normalized spacial score (nSPS) is 10.3. The summed E-state index contributed by atoms with van der Waals surface area (Å²) in [5.41, 5.74) is 2.73. The number of nitrogens with one attached hydrogen (secondary N) is 2. The number of carbonyl (C=O) groups is 1. The molecule has 0 bridgehead atoms. The quantitative estimate of drug-likeness (QED) is 0.588. The van der Waals surface area contributed by atoms with Crippen LogP contribution >= 0.6 is 0 Å². The van der Waals surface area contributed by atoms with Crippen LogP contribution in [0.4, 0.5) is 17.5 Å². The highest BCUT2D eigenvalue weighted by Crippen LogP contribution is 2.16. The van der Waals surface area contributed by atoms with Crippen molar-refractivity contribution >= 4 is 23.2 Å². The van der Waals surface area contributed by atoms with Crippen LogP contribution in [0, 0.1) is 0 Å². The van der Waals surface area contributed by atoms with Gasteiger partial charge in [-0.25, -0.2) is 4.98 Å². The molecule has 2 aromatic carbocycles. The van der Waals surface area contributed by atoms with Gasteiger partial charge in [0.2, 0.25) is 5.95 Å². The van der Waals surface area contributed by atoms with E-state index in [1.165, 1.54) is 5.56 Å². The van der Waals surface area contributed by atoms with Crippen LogP contribution in [0.3, 0.4) is 0 Å². The van der Waals surface area contributed by atoms with Crippen molar-refractivity contribution in [3.05, 3.63) is 71.9 Å². The zero-order valence-corrected chi connectivity index (χ0v) is 15.4. The minimum Gasteiger partial charge on any atom is -0.497 e. The summed E-state index contributed by atoms with van der Waals surface area (Å²) in [5.74, 6) is 2.15. The molecule has 138 valence electrons. The molecular weight excluding hydrogens is 340 g/mol. The Labute approximate surface area is 158 Å². The van der Waals surface area contributed by atoms with E-state index in [9.17, 15) is 4.79 Å². The van der Waals surface area contributed by atoms with E-state index in [1.54, 1.807) is 32.4 Å². The number of benzene rings is 2. The van der Waals surface area contributed by atoms with Crippen LogP contribution in [0.5, 0.6) is 5.75 Å². The van der Waals surface area contributed by atoms with Crippen molar-refractivity contribution < 1.29 is 9.53 Å². The molecule has 0 aliphatic rings. The Balaban J connectivity index is 1.55. The van der Waals surface area contributed by atoms with E-state index in [0.717, 1.165) is 30.2 Å². The summed E-state index contributed by atoms with van der Waals surface area (Å²) in [5, 5.41) is 6.45. The van der Waals surface area contributed by atoms with Crippen LogP contribution in [0.15, 0.2) is 60.8 Å². The fourth-order valence-electron chi connectivity index (χ4n) is 2.56. The summed E-state index contributed by atoms with van der Waals surface area (Å²) in [7, 11) is 1.66. The van der Waals surface area contributed by atoms with Crippen molar-refractivity contribution in [1.82, 2.24) is 9.97 Å². The highest BCUT2D eigenvalue weighted by atomic mass is 16.5. The van der Waals surface area contributed by atoms with Gasteiger partial charge in [-0.15, -0.1) is 0 Å². The largest absolute Gasteiger partial charge is 0.497 e. The van der Waals surface area contributed by atoms with E-state index in [2.05, 4.69) is 32.7 Å². The smallest absolute Gasteiger partial charge is 0.229 e. The van der Waals surface area contributed by atoms with Gasteiger partial charge in [0.1, 0.15) is 11.6 Å². The van der Waals surface area contributed by atoms with Crippen molar-refractivity contribution in [3.63, 3.8) is 0 Å². The first kappa shape index (κ1) is 18.4. The molecule has 27 heavy (non-hydrogen) atoms. The number of nitrogens with zero attached hydrogens (tertiary/aromatic N) is 2. The Bertz CT molecular complexity index is 893. The summed E-state index contributed by atoms with van der Waals surface area (Å²) < 4.78 is 5.17. The SMILES string of the molecule is COc1ccc(CCNc2ccnc(Nc3ccc(C(C)=O)cc3)n2)cc1. The zero-order valence-electron chi connectivity index (χ0n) is 15.4. The summed E-state index contributed by atoms with van der Waals surface area (Å²) in [6.07, 6.45) is 2.58. The predicted octanol–water partition coefficient (Wildman–Crippen LogP) is 4.09. The third-order valence-corrected chi connectivity index (χ3v) is 4.08. The molecule has 0 saturated heterocycles. The second-order valence-corrected chi connectivity index (χ2v) is 6.05. The number of ether oxygens (including phenoxy) is 1. The van der Waals surface area contributed by atoms with Gasteiger partial charge in [0.25, 0.3) is 0 Å². The molecule has 0 atom stereocenters. The van der Waals surface area contributed by atoms with Crippen molar-refractivity contribution in [3.8, 4) is 5.75 Å². The van der Waals surface area contributed by atoms with Crippen molar-refractivity contribution in [2.24, 2.45) is 0 Å². The maximum Gasteiger partial charge on any atom is 0.229 e. The summed E-state index contributed by atoms with van der Waals surface area (Å²) in [6.45, 7) is 2.31. The maximum atomic E-state index is 11.3. The molecule has 0 spiro atoms. The molecule has 0 aliphatic heterocycles. The van der Waals surface area contributed by atoms with E-state index in [-0.39, 0.29) is 5.78 Å². The molecule has 3 aromatic rings. The van der Waals surface area contributed by atoms with Crippen LogP contribution in [-0.2, 0) is 6.42 Å². The van der Waals surface area contributed by atoms with Crippen LogP contribution in [0.1, 0.15) is 22.8 Å². The lowest BCUT2D eigenvalue weighted by Crippen LogP contribution is -2.07. The molecule has 6 heteroatoms. The standard InChI is InChI=1S/C21H22N4O2/c1-15(26)17-5-7-18(8-6-17)24-21-23-14-12-20(25-21)22-13-11-16-3-9-19(27-2)10-4-16/h3-10,12,14H,11,13H2,1-2H3,(H2,22,23,24,25). The van der Waals surface area contributed by atoms with Gasteiger partial charge in [0.15, 0.2) is 5.78 Å². The van der Waals surface area contributed by atoms with Gasteiger partial charge in [0, 0.05) is 24.0 Å². The van der Waals surface area contributed by atoms with Crippen molar-refractivity contribution in [2.75, 3.05) is 24.3 Å². The average Bonchev–Trinajstić information content (AvgIpc) is 2.69. The van der Waals surface area contributed by atoms with Crippen LogP contribution in [0.25, 0.3) is 0 Å². The third-order valence-electron chi connectivity index (χ3n) is 4.08. The number of aromatic nitrogens is 2. The van der Waals surface area contributed by atoms with Crippen LogP contribution in [-0.4, -0.2) is 29.4 Å². The van der Waals surface area contributed by atoms with Gasteiger partial charge in [-0.05, 0) is 61.4 Å². The molecule has 1 heterocycles. The third kappa shape index (κ3) is 5.28. The van der Waals surface area contributed by atoms with E-state index in [0.29, 0.717) is 11.5 Å². The molecule has 0 fully saturated rings. The number of hydrogen-bond donors (Lipinski definition) is 2. The van der Waals surface area contributed by atoms with E-state index in [4.69, 9.17) is 4.74 Å². The van der Waals surface area contributed by atoms with Crippen LogP contribution in [0.2, 0.25) is 0 Å². The van der Waals surface area contributed by atoms with E-state index < -0.39 is 0 Å². The molecular formula is C21H22N4O2. The Morgan fingerprint density at radius 3 is 2.44 bits per heavy atom. The average molecular weight is 362 g/mol. The molecule has 2 N–H and O–H groups in total. The number of Topliss-reactive ketones (excluding diaryl/α,β-unsaturated/α-hetero) is 1. The Hall–Kier alpha value is -3.41. The van der Waals surface area contributed by atoms with Crippen molar-refractivity contribution in [1.29, 1.82) is 0 Å².